The maximum Gasteiger partial charge on any atom is 0.383 e. The first-order chi connectivity index (χ1) is 32.6. The van der Waals surface area contributed by atoms with Gasteiger partial charge in [0.2, 0.25) is 12.0 Å². The molecule has 10 heteroatoms. The van der Waals surface area contributed by atoms with E-state index in [2.05, 4.69) is 13.0 Å². The van der Waals surface area contributed by atoms with Crippen molar-refractivity contribution in [1.29, 1.82) is 0 Å². The summed E-state index contributed by atoms with van der Waals surface area (Å²) in [6.45, 7) is 3.90. The lowest BCUT2D eigenvalue weighted by atomic mass is 9.97. The number of benzene rings is 6. The minimum Gasteiger partial charge on any atom is -0.484 e. The van der Waals surface area contributed by atoms with Crippen LogP contribution in [0.3, 0.4) is 0 Å². The normalized spacial score (nSPS) is 18.3. The molecule has 340 valence electrons. The molecule has 1 aliphatic rings. The molecule has 0 spiro atoms. The number of hydrogen-bond donors (Lipinski definition) is 0. The summed E-state index contributed by atoms with van der Waals surface area (Å²) in [6, 6.07) is 54.9. The van der Waals surface area contributed by atoms with E-state index < -0.39 is 36.3 Å². The van der Waals surface area contributed by atoms with Crippen LogP contribution in [0.1, 0.15) is 47.6 Å². The van der Waals surface area contributed by atoms with Crippen LogP contribution in [0.5, 0.6) is 17.2 Å². The van der Waals surface area contributed by atoms with Gasteiger partial charge in [0.1, 0.15) is 42.4 Å². The predicted octanol–water partition coefficient (Wildman–Crippen LogP) is 11.2. The molecule has 6 aromatic carbocycles. The Balaban J connectivity index is 1.14. The van der Waals surface area contributed by atoms with Crippen molar-refractivity contribution < 1.29 is 42.3 Å². The molecule has 1 aromatic heterocycles. The third-order valence-corrected chi connectivity index (χ3v) is 11.0. The minimum atomic E-state index is -1.03. The molecule has 0 aliphatic carbocycles. The lowest BCUT2D eigenvalue weighted by molar-refractivity contribution is -0.310. The number of fused-ring (bicyclic) bond motifs is 1. The van der Waals surface area contributed by atoms with Crippen LogP contribution in [0.15, 0.2) is 191 Å². The van der Waals surface area contributed by atoms with Gasteiger partial charge >= 0.3 is 5.63 Å². The summed E-state index contributed by atoms with van der Waals surface area (Å²) >= 11 is 0. The van der Waals surface area contributed by atoms with Crippen molar-refractivity contribution >= 4 is 11.0 Å². The Kier molecular flexibility index (Phi) is 16.8. The van der Waals surface area contributed by atoms with E-state index in [4.69, 9.17) is 42.3 Å². The van der Waals surface area contributed by atoms with Gasteiger partial charge in [0.05, 0.1) is 45.0 Å². The molecule has 1 aliphatic heterocycles. The smallest absolute Gasteiger partial charge is 0.383 e. The molecule has 0 unspecified atom stereocenters. The Labute approximate surface area is 386 Å². The van der Waals surface area contributed by atoms with E-state index in [0.29, 0.717) is 30.8 Å². The Morgan fingerprint density at radius 1 is 0.530 bits per heavy atom. The zero-order chi connectivity index (χ0) is 45.2. The van der Waals surface area contributed by atoms with Crippen molar-refractivity contribution in [1.82, 2.24) is 0 Å². The van der Waals surface area contributed by atoms with Gasteiger partial charge < -0.3 is 42.3 Å². The van der Waals surface area contributed by atoms with Crippen LogP contribution in [0, 0.1) is 0 Å². The molecular weight excluding hydrogens is 833 g/mol. The summed E-state index contributed by atoms with van der Waals surface area (Å²) < 4.78 is 59.0. The fraction of sp³-hybridized carbons (Fsp3) is 0.268. The molecule has 0 N–H and O–H groups in total. The highest BCUT2D eigenvalue weighted by Gasteiger charge is 2.50. The van der Waals surface area contributed by atoms with Crippen LogP contribution < -0.4 is 19.8 Å². The van der Waals surface area contributed by atoms with E-state index in [1.54, 1.807) is 18.2 Å². The van der Waals surface area contributed by atoms with Gasteiger partial charge in [0.15, 0.2) is 5.75 Å². The van der Waals surface area contributed by atoms with Crippen LogP contribution in [0.4, 0.5) is 0 Å². The van der Waals surface area contributed by atoms with Crippen molar-refractivity contribution in [3.05, 3.63) is 220 Å². The molecule has 10 nitrogen and oxygen atoms in total. The average molecular weight is 889 g/mol. The maximum atomic E-state index is 13.7. The second kappa shape index (κ2) is 24.1. The van der Waals surface area contributed by atoms with Crippen LogP contribution in [-0.4, -0.2) is 43.9 Å². The summed E-state index contributed by atoms with van der Waals surface area (Å²) in [5, 5.41) is 0.545. The lowest BCUT2D eigenvalue weighted by Crippen LogP contribution is -2.62. The van der Waals surface area contributed by atoms with E-state index in [1.807, 2.05) is 158 Å². The van der Waals surface area contributed by atoms with Gasteiger partial charge in [-0.2, -0.15) is 0 Å². The first-order valence-corrected chi connectivity index (χ1v) is 22.6. The molecule has 5 atom stereocenters. The highest BCUT2D eigenvalue weighted by atomic mass is 16.7. The Bertz CT molecular complexity index is 2590. The van der Waals surface area contributed by atoms with Crippen molar-refractivity contribution in [3.63, 3.8) is 0 Å². The summed E-state index contributed by atoms with van der Waals surface area (Å²) in [4.78, 5) is 13.7. The predicted molar refractivity (Wildman–Crippen MR) is 253 cm³/mol. The third-order valence-electron chi connectivity index (χ3n) is 11.0. The fourth-order valence-electron chi connectivity index (χ4n) is 7.70. The van der Waals surface area contributed by atoms with E-state index in [9.17, 15) is 4.79 Å². The molecule has 1 fully saturated rings. The molecular formula is C56H56O10. The van der Waals surface area contributed by atoms with Gasteiger partial charge in [0.25, 0.3) is 0 Å². The van der Waals surface area contributed by atoms with Crippen LogP contribution >= 0.6 is 0 Å². The van der Waals surface area contributed by atoms with Gasteiger partial charge in [-0.15, -0.1) is 0 Å². The number of rotatable bonds is 23. The van der Waals surface area contributed by atoms with Crippen LogP contribution in [-0.2, 0) is 56.7 Å². The lowest BCUT2D eigenvalue weighted by Gasteiger charge is -2.45. The molecule has 8 rings (SSSR count). The van der Waals surface area contributed by atoms with Crippen molar-refractivity contribution in [2.24, 2.45) is 0 Å². The average Bonchev–Trinajstić information content (AvgIpc) is 3.36. The fourth-order valence-corrected chi connectivity index (χ4v) is 7.70. The second-order valence-corrected chi connectivity index (χ2v) is 15.9. The quantitative estimate of drug-likeness (QED) is 0.0350. The van der Waals surface area contributed by atoms with Crippen molar-refractivity contribution in [2.75, 3.05) is 13.2 Å². The molecule has 2 heterocycles. The summed E-state index contributed by atoms with van der Waals surface area (Å²) in [7, 11) is 0. The van der Waals surface area contributed by atoms with E-state index >= 15 is 0 Å². The zero-order valence-electron chi connectivity index (χ0n) is 37.2. The van der Waals surface area contributed by atoms with Gasteiger partial charge in [0, 0.05) is 6.07 Å². The van der Waals surface area contributed by atoms with Gasteiger partial charge in [-0.1, -0.05) is 171 Å². The summed E-state index contributed by atoms with van der Waals surface area (Å²) in [5.74, 6) is 0.670. The largest absolute Gasteiger partial charge is 0.484 e. The van der Waals surface area contributed by atoms with Crippen LogP contribution in [0.25, 0.3) is 11.0 Å². The molecule has 0 radical (unpaired) electrons. The molecule has 7 aromatic rings. The Morgan fingerprint density at radius 3 is 1.61 bits per heavy atom. The summed E-state index contributed by atoms with van der Waals surface area (Å²) in [5.41, 5.74) is 4.49. The van der Waals surface area contributed by atoms with Crippen LogP contribution in [0.2, 0.25) is 0 Å². The molecule has 66 heavy (non-hydrogen) atoms. The second-order valence-electron chi connectivity index (χ2n) is 15.9. The Hall–Kier alpha value is -6.53. The highest BCUT2D eigenvalue weighted by Crippen LogP contribution is 2.37. The van der Waals surface area contributed by atoms with E-state index in [0.717, 1.165) is 34.2 Å². The molecule has 1 saturated heterocycles. The van der Waals surface area contributed by atoms with Crippen molar-refractivity contribution in [3.8, 4) is 17.2 Å². The summed E-state index contributed by atoms with van der Waals surface area (Å²) in [6.07, 6.45) is 1.75. The Morgan fingerprint density at radius 2 is 1.05 bits per heavy atom. The zero-order valence-corrected chi connectivity index (χ0v) is 37.2. The molecule has 0 amide bonds. The van der Waals surface area contributed by atoms with E-state index in [1.165, 1.54) is 0 Å². The van der Waals surface area contributed by atoms with Crippen molar-refractivity contribution in [2.45, 2.75) is 83.5 Å². The van der Waals surface area contributed by atoms with Gasteiger partial charge in [-0.3, -0.25) is 0 Å². The number of allylic oxidation sites excluding steroid dienone is 1. The van der Waals surface area contributed by atoms with E-state index in [-0.39, 0.29) is 50.1 Å². The van der Waals surface area contributed by atoms with Gasteiger partial charge in [-0.05, 0) is 52.8 Å². The topological polar surface area (TPSA) is 104 Å². The SMILES string of the molecule is CCC=CCCOc1c(OCc2ccccc2)c2ccc(O[C@H]3O[C@H](COCc4ccccc4)[C@@H](OCc4ccccc4)[C@H](OCc4ccccc4)[C@@H]3OCc3ccccc3)cc2oc1=O. The first kappa shape index (κ1) is 46.0. The van der Waals surface area contributed by atoms with Gasteiger partial charge in [-0.25, -0.2) is 4.79 Å². The monoisotopic (exact) mass is 888 g/mol. The highest BCUT2D eigenvalue weighted by molar-refractivity contribution is 5.86. The minimum absolute atomic E-state index is 0.0142. The maximum absolute atomic E-state index is 13.7. The molecule has 0 saturated carbocycles. The number of ether oxygens (including phenoxy) is 8. The first-order valence-electron chi connectivity index (χ1n) is 22.6. The third kappa shape index (κ3) is 12.8. The number of hydrogen-bond acceptors (Lipinski definition) is 10. The standard InChI is InChI=1S/C56H56O10/c1-2-3-4-20-33-59-53-50(60-36-42-23-12-6-13-24-42)47-32-31-46(34-48(47)65-55(53)57)64-56-54(63-39-45-29-18-9-19-30-45)52(62-38-44-27-16-8-17-28-44)51(61-37-43-25-14-7-15-26-43)49(66-56)40-58-35-41-21-10-5-11-22-41/h3-19,21-32,34,49,51-52,54,56H,2,20,33,35-40H2,1H3/t49-,51-,52+,54+,56+/m1/s1. The molecule has 0 bridgehead atoms.